The third-order valence-electron chi connectivity index (χ3n) is 6.56. The number of aromatic nitrogens is 2. The molecule has 2 aromatic rings. The van der Waals surface area contributed by atoms with Crippen LogP contribution < -0.4 is 24.8 Å². The van der Waals surface area contributed by atoms with Gasteiger partial charge in [-0.1, -0.05) is 36.9 Å². The molecule has 1 aliphatic heterocycles. The SMILES string of the molecule is COC(=O)CSc1nnc(N2C(N)=C(C#N)C(c3cc(OC)c(OC)cc3OC)C3=C2CC(C)(C)CC3=O)s1. The fourth-order valence-corrected chi connectivity index (χ4v) is 6.56. The Morgan fingerprint density at radius 2 is 1.82 bits per heavy atom. The molecule has 1 atom stereocenters. The second kappa shape index (κ2) is 11.2. The topological polar surface area (TPSA) is 150 Å². The summed E-state index contributed by atoms with van der Waals surface area (Å²) in [6, 6.07) is 5.62. The number of esters is 1. The zero-order valence-electron chi connectivity index (χ0n) is 22.5. The first-order valence-corrected chi connectivity index (χ1v) is 13.7. The number of anilines is 1. The number of methoxy groups -OCH3 is 4. The number of allylic oxidation sites excluding steroid dienone is 3. The number of hydrogen-bond acceptors (Lipinski definition) is 13. The quantitative estimate of drug-likeness (QED) is 0.363. The minimum absolute atomic E-state index is 0.0700. The van der Waals surface area contributed by atoms with Crippen molar-refractivity contribution in [3.8, 4) is 23.3 Å². The van der Waals surface area contributed by atoms with Gasteiger partial charge in [0.05, 0.1) is 51.8 Å². The largest absolute Gasteiger partial charge is 0.496 e. The smallest absolute Gasteiger partial charge is 0.316 e. The Morgan fingerprint density at radius 3 is 2.44 bits per heavy atom. The van der Waals surface area contributed by atoms with Gasteiger partial charge in [-0.05, 0) is 17.9 Å². The number of carbonyl (C=O) groups is 2. The summed E-state index contributed by atoms with van der Waals surface area (Å²) < 4.78 is 21.9. The number of ketones is 1. The number of carbonyl (C=O) groups excluding carboxylic acids is 2. The summed E-state index contributed by atoms with van der Waals surface area (Å²) in [6.45, 7) is 4.02. The highest BCUT2D eigenvalue weighted by Crippen LogP contribution is 2.53. The number of thioether (sulfide) groups is 1. The molecular weight excluding hydrogens is 542 g/mol. The lowest BCUT2D eigenvalue weighted by Crippen LogP contribution is -2.42. The summed E-state index contributed by atoms with van der Waals surface area (Å²) in [5, 5.41) is 19.2. The predicted octanol–water partition coefficient (Wildman–Crippen LogP) is 3.77. The van der Waals surface area contributed by atoms with E-state index in [1.807, 2.05) is 13.8 Å². The van der Waals surface area contributed by atoms with E-state index in [0.29, 0.717) is 56.4 Å². The van der Waals surface area contributed by atoms with Gasteiger partial charge in [0.15, 0.2) is 21.6 Å². The van der Waals surface area contributed by atoms with Gasteiger partial charge < -0.3 is 24.7 Å². The van der Waals surface area contributed by atoms with Crippen LogP contribution in [-0.4, -0.2) is 56.1 Å². The van der Waals surface area contributed by atoms with E-state index in [1.165, 1.54) is 51.5 Å². The molecule has 0 spiro atoms. The Labute approximate surface area is 234 Å². The van der Waals surface area contributed by atoms with E-state index >= 15 is 0 Å². The molecule has 4 rings (SSSR count). The zero-order chi connectivity index (χ0) is 28.5. The number of nitrogens with two attached hydrogens (primary N) is 1. The number of rotatable bonds is 8. The van der Waals surface area contributed by atoms with Gasteiger partial charge in [-0.15, -0.1) is 10.2 Å². The van der Waals surface area contributed by atoms with Crippen LogP contribution in [0.2, 0.25) is 0 Å². The Hall–Kier alpha value is -3.76. The molecule has 0 fully saturated rings. The average Bonchev–Trinajstić information content (AvgIpc) is 3.37. The maximum atomic E-state index is 13.8. The molecule has 0 bridgehead atoms. The summed E-state index contributed by atoms with van der Waals surface area (Å²) in [5.74, 6) is 0.227. The lowest BCUT2D eigenvalue weighted by Gasteiger charge is -2.42. The van der Waals surface area contributed by atoms with Crippen molar-refractivity contribution in [2.75, 3.05) is 39.1 Å². The summed E-state index contributed by atoms with van der Waals surface area (Å²) in [5.41, 5.74) is 8.17. The molecule has 206 valence electrons. The molecule has 39 heavy (non-hydrogen) atoms. The second-order valence-electron chi connectivity index (χ2n) is 9.64. The first-order valence-electron chi connectivity index (χ1n) is 11.9. The molecule has 2 aliphatic rings. The van der Waals surface area contributed by atoms with Gasteiger partial charge in [0.1, 0.15) is 11.6 Å². The normalized spacial score (nSPS) is 18.4. The minimum Gasteiger partial charge on any atom is -0.496 e. The highest BCUT2D eigenvalue weighted by atomic mass is 32.2. The van der Waals surface area contributed by atoms with Crippen LogP contribution in [0.25, 0.3) is 0 Å². The highest BCUT2D eigenvalue weighted by Gasteiger charge is 2.46. The van der Waals surface area contributed by atoms with Crippen LogP contribution in [0.15, 0.2) is 39.1 Å². The van der Waals surface area contributed by atoms with Gasteiger partial charge in [0.2, 0.25) is 5.13 Å². The third-order valence-corrected chi connectivity index (χ3v) is 8.57. The van der Waals surface area contributed by atoms with Crippen molar-refractivity contribution in [1.29, 1.82) is 5.26 Å². The number of Topliss-reactive ketones (excluding diaryl/α,β-unsaturated/α-hetero) is 1. The molecule has 2 heterocycles. The summed E-state index contributed by atoms with van der Waals surface area (Å²) in [4.78, 5) is 27.1. The molecule has 1 aromatic carbocycles. The van der Waals surface area contributed by atoms with Gasteiger partial charge >= 0.3 is 5.97 Å². The first-order chi connectivity index (χ1) is 18.6. The van der Waals surface area contributed by atoms with Crippen molar-refractivity contribution in [3.05, 3.63) is 40.4 Å². The molecule has 1 aliphatic carbocycles. The number of ether oxygens (including phenoxy) is 4. The van der Waals surface area contributed by atoms with Crippen molar-refractivity contribution in [2.24, 2.45) is 11.1 Å². The second-order valence-corrected chi connectivity index (χ2v) is 11.8. The number of nitrogens with zero attached hydrogens (tertiary/aromatic N) is 4. The van der Waals surface area contributed by atoms with Crippen LogP contribution in [-0.2, 0) is 14.3 Å². The van der Waals surface area contributed by atoms with Crippen molar-refractivity contribution in [1.82, 2.24) is 10.2 Å². The lowest BCUT2D eigenvalue weighted by atomic mass is 9.68. The molecular formula is C26H29N5O6S2. The molecule has 0 saturated heterocycles. The van der Waals surface area contributed by atoms with E-state index < -0.39 is 11.9 Å². The van der Waals surface area contributed by atoms with Gasteiger partial charge in [0.25, 0.3) is 0 Å². The van der Waals surface area contributed by atoms with E-state index in [1.54, 1.807) is 17.0 Å². The standard InChI is InChI=1S/C26H29N5O6S2/c1-26(2)9-15-22(16(32)10-26)21(13-7-18(35-4)19(36-5)8-17(13)34-3)14(11-27)23(28)31(15)24-29-30-25(39-24)38-12-20(33)37-6/h7-8,21H,9-10,12,28H2,1-6H3. The number of nitriles is 1. The van der Waals surface area contributed by atoms with Gasteiger partial charge in [-0.3, -0.25) is 14.5 Å². The average molecular weight is 572 g/mol. The van der Waals surface area contributed by atoms with Crippen molar-refractivity contribution < 1.29 is 28.5 Å². The Balaban J connectivity index is 1.92. The molecule has 1 aromatic heterocycles. The van der Waals surface area contributed by atoms with Gasteiger partial charge in [0, 0.05) is 29.3 Å². The maximum Gasteiger partial charge on any atom is 0.316 e. The van der Waals surface area contributed by atoms with Crippen LogP contribution in [0, 0.1) is 16.7 Å². The molecule has 0 radical (unpaired) electrons. The summed E-state index contributed by atoms with van der Waals surface area (Å²) in [6.07, 6.45) is 0.796. The Morgan fingerprint density at radius 1 is 1.15 bits per heavy atom. The fraction of sp³-hybridized carbons (Fsp3) is 0.423. The highest BCUT2D eigenvalue weighted by molar-refractivity contribution is 8.01. The Bertz CT molecular complexity index is 1420. The van der Waals surface area contributed by atoms with E-state index in [9.17, 15) is 14.9 Å². The van der Waals surface area contributed by atoms with Crippen molar-refractivity contribution >= 4 is 40.0 Å². The molecule has 1 unspecified atom stereocenters. The Kier molecular flexibility index (Phi) is 8.08. The van der Waals surface area contributed by atoms with E-state index in [4.69, 9.17) is 24.7 Å². The number of benzene rings is 1. The zero-order valence-corrected chi connectivity index (χ0v) is 24.1. The minimum atomic E-state index is -0.791. The van der Waals surface area contributed by atoms with Gasteiger partial charge in [-0.2, -0.15) is 5.26 Å². The summed E-state index contributed by atoms with van der Waals surface area (Å²) >= 11 is 2.39. The molecule has 11 nitrogen and oxygen atoms in total. The van der Waals surface area contributed by atoms with Crippen LogP contribution in [0.5, 0.6) is 17.2 Å². The van der Waals surface area contributed by atoms with Crippen molar-refractivity contribution in [3.63, 3.8) is 0 Å². The molecule has 13 heteroatoms. The first kappa shape index (κ1) is 28.3. The van der Waals surface area contributed by atoms with Crippen LogP contribution in [0.4, 0.5) is 5.13 Å². The fourth-order valence-electron chi connectivity index (χ4n) is 4.85. The van der Waals surface area contributed by atoms with Crippen LogP contribution in [0.1, 0.15) is 38.2 Å². The van der Waals surface area contributed by atoms with E-state index in [-0.39, 0.29) is 28.3 Å². The third kappa shape index (κ3) is 5.26. The molecule has 2 N–H and O–H groups in total. The lowest BCUT2D eigenvalue weighted by molar-refractivity contribution is -0.137. The van der Waals surface area contributed by atoms with E-state index in [0.717, 1.165) is 0 Å². The van der Waals surface area contributed by atoms with Crippen molar-refractivity contribution in [2.45, 2.75) is 36.9 Å². The van der Waals surface area contributed by atoms with Gasteiger partial charge in [-0.25, -0.2) is 0 Å². The van der Waals surface area contributed by atoms with Crippen LogP contribution >= 0.6 is 23.1 Å². The van der Waals surface area contributed by atoms with Crippen LogP contribution in [0.3, 0.4) is 0 Å². The summed E-state index contributed by atoms with van der Waals surface area (Å²) in [7, 11) is 5.85. The van der Waals surface area contributed by atoms with E-state index in [2.05, 4.69) is 16.3 Å². The molecule has 0 saturated carbocycles. The maximum absolute atomic E-state index is 13.8. The number of hydrogen-bond donors (Lipinski definition) is 1. The monoisotopic (exact) mass is 571 g/mol. The predicted molar refractivity (Wildman–Crippen MR) is 146 cm³/mol. The molecule has 0 amide bonds.